The Morgan fingerprint density at radius 3 is 2.27 bits per heavy atom. The van der Waals surface area contributed by atoms with Crippen LogP contribution in [-0.2, 0) is 16.6 Å². The van der Waals surface area contributed by atoms with Gasteiger partial charge in [-0.05, 0) is 42.0 Å². The quantitative estimate of drug-likeness (QED) is 0.744. The predicted octanol–water partition coefficient (Wildman–Crippen LogP) is 2.54. The highest BCUT2D eigenvalue weighted by molar-refractivity contribution is 7.88. The Morgan fingerprint density at radius 1 is 1.12 bits per heavy atom. The fourth-order valence-corrected chi connectivity index (χ4v) is 3.23. The number of nitrogens with one attached hydrogen (secondary N) is 1. The molecule has 0 saturated carbocycles. The minimum atomic E-state index is -3.41. The molecule has 8 heteroatoms. The van der Waals surface area contributed by atoms with Gasteiger partial charge in [-0.3, -0.25) is 4.79 Å². The third-order valence-corrected chi connectivity index (χ3v) is 5.24. The molecular formula is C18H21ClN2O4S. The average Bonchev–Trinajstić information content (AvgIpc) is 2.61. The van der Waals surface area contributed by atoms with Gasteiger partial charge in [0.05, 0.1) is 13.4 Å². The van der Waals surface area contributed by atoms with Gasteiger partial charge in [0.25, 0.3) is 5.91 Å². The van der Waals surface area contributed by atoms with E-state index >= 15 is 0 Å². The number of hydrogen-bond donors (Lipinski definition) is 1. The maximum Gasteiger partial charge on any atom is 0.251 e. The van der Waals surface area contributed by atoms with E-state index in [0.717, 1.165) is 11.8 Å². The first-order valence-electron chi connectivity index (χ1n) is 7.91. The molecule has 1 N–H and O–H groups in total. The summed E-state index contributed by atoms with van der Waals surface area (Å²) < 4.78 is 30.3. The monoisotopic (exact) mass is 396 g/mol. The van der Waals surface area contributed by atoms with Gasteiger partial charge in [-0.15, -0.1) is 0 Å². The van der Waals surface area contributed by atoms with Gasteiger partial charge in [0.15, 0.2) is 0 Å². The third-order valence-electron chi connectivity index (χ3n) is 3.74. The maximum absolute atomic E-state index is 12.1. The minimum absolute atomic E-state index is 0.170. The van der Waals surface area contributed by atoms with Crippen molar-refractivity contribution in [3.8, 4) is 5.75 Å². The van der Waals surface area contributed by atoms with Crippen LogP contribution in [0.1, 0.15) is 15.9 Å². The van der Waals surface area contributed by atoms with Crippen molar-refractivity contribution in [2.45, 2.75) is 6.54 Å². The van der Waals surface area contributed by atoms with E-state index in [0.29, 0.717) is 16.3 Å². The van der Waals surface area contributed by atoms with Crippen LogP contribution in [0.5, 0.6) is 5.75 Å². The Morgan fingerprint density at radius 2 is 1.73 bits per heavy atom. The largest absolute Gasteiger partial charge is 0.497 e. The fourth-order valence-electron chi connectivity index (χ4n) is 2.29. The number of methoxy groups -OCH3 is 1. The second-order valence-corrected chi connectivity index (χ2v) is 8.13. The Balaban J connectivity index is 1.94. The molecule has 0 aliphatic heterocycles. The number of rotatable bonds is 8. The summed E-state index contributed by atoms with van der Waals surface area (Å²) in [7, 11) is -1.86. The first-order chi connectivity index (χ1) is 12.3. The third kappa shape index (κ3) is 6.01. The van der Waals surface area contributed by atoms with Crippen molar-refractivity contribution in [2.75, 3.05) is 26.5 Å². The summed E-state index contributed by atoms with van der Waals surface area (Å²) >= 11 is 5.85. The van der Waals surface area contributed by atoms with Crippen LogP contribution in [0, 0.1) is 0 Å². The van der Waals surface area contributed by atoms with E-state index in [1.165, 1.54) is 4.31 Å². The van der Waals surface area contributed by atoms with E-state index in [9.17, 15) is 13.2 Å². The zero-order valence-electron chi connectivity index (χ0n) is 14.6. The van der Waals surface area contributed by atoms with Crippen molar-refractivity contribution >= 4 is 27.5 Å². The van der Waals surface area contributed by atoms with Gasteiger partial charge in [0.1, 0.15) is 5.75 Å². The number of amides is 1. The van der Waals surface area contributed by atoms with Crippen molar-refractivity contribution in [3.63, 3.8) is 0 Å². The van der Waals surface area contributed by atoms with Crippen LogP contribution >= 0.6 is 11.6 Å². The second-order valence-electron chi connectivity index (χ2n) is 5.71. The summed E-state index contributed by atoms with van der Waals surface area (Å²) in [5.41, 5.74) is 1.30. The molecule has 2 aromatic rings. The summed E-state index contributed by atoms with van der Waals surface area (Å²) in [5, 5.41) is 3.32. The molecule has 6 nitrogen and oxygen atoms in total. The summed E-state index contributed by atoms with van der Waals surface area (Å²) in [5.74, 6) is 0.389. The van der Waals surface area contributed by atoms with Gasteiger partial charge in [0.2, 0.25) is 10.0 Å². The van der Waals surface area contributed by atoms with Crippen LogP contribution in [-0.4, -0.2) is 45.1 Å². The lowest BCUT2D eigenvalue weighted by Crippen LogP contribution is -2.37. The van der Waals surface area contributed by atoms with E-state index in [4.69, 9.17) is 16.3 Å². The Hall–Kier alpha value is -2.09. The predicted molar refractivity (Wildman–Crippen MR) is 102 cm³/mol. The average molecular weight is 397 g/mol. The number of halogens is 1. The van der Waals surface area contributed by atoms with Gasteiger partial charge in [-0.1, -0.05) is 23.7 Å². The Labute approximate surface area is 158 Å². The summed E-state index contributed by atoms with van der Waals surface area (Å²) in [4.78, 5) is 12.1. The van der Waals surface area contributed by atoms with Crippen molar-refractivity contribution in [3.05, 3.63) is 64.7 Å². The number of sulfonamides is 1. The standard InChI is InChI=1S/C18H21ClN2O4S/c1-25-17-9-5-15(6-10-17)18(22)20-11-12-21(26(2,23)24)13-14-3-7-16(19)8-4-14/h3-10H,11-13H2,1-2H3,(H,20,22). The lowest BCUT2D eigenvalue weighted by Gasteiger charge is -2.20. The molecule has 0 unspecified atom stereocenters. The molecule has 0 heterocycles. The summed E-state index contributed by atoms with van der Waals surface area (Å²) in [6.45, 7) is 0.587. The van der Waals surface area contributed by atoms with E-state index in [2.05, 4.69) is 5.32 Å². The van der Waals surface area contributed by atoms with E-state index in [1.807, 2.05) is 0 Å². The highest BCUT2D eigenvalue weighted by Gasteiger charge is 2.17. The molecule has 26 heavy (non-hydrogen) atoms. The number of ether oxygens (including phenoxy) is 1. The van der Waals surface area contributed by atoms with Crippen LogP contribution in [0.3, 0.4) is 0 Å². The van der Waals surface area contributed by atoms with Gasteiger partial charge < -0.3 is 10.1 Å². The highest BCUT2D eigenvalue weighted by Crippen LogP contribution is 2.13. The molecule has 140 valence electrons. The molecule has 0 aliphatic carbocycles. The van der Waals surface area contributed by atoms with Gasteiger partial charge in [-0.2, -0.15) is 4.31 Å². The van der Waals surface area contributed by atoms with Crippen LogP contribution < -0.4 is 10.1 Å². The zero-order valence-corrected chi connectivity index (χ0v) is 16.2. The lowest BCUT2D eigenvalue weighted by molar-refractivity contribution is 0.0951. The normalized spacial score (nSPS) is 11.4. The first-order valence-corrected chi connectivity index (χ1v) is 10.1. The van der Waals surface area contributed by atoms with E-state index in [1.54, 1.807) is 55.6 Å². The van der Waals surface area contributed by atoms with Gasteiger partial charge in [0, 0.05) is 30.2 Å². The Bertz CT molecular complexity index is 836. The van der Waals surface area contributed by atoms with Crippen LogP contribution in [0.25, 0.3) is 0 Å². The summed E-state index contributed by atoms with van der Waals surface area (Å²) in [6.07, 6.45) is 1.15. The van der Waals surface area contributed by atoms with Crippen molar-refractivity contribution in [2.24, 2.45) is 0 Å². The van der Waals surface area contributed by atoms with Crippen molar-refractivity contribution in [1.82, 2.24) is 9.62 Å². The summed E-state index contributed by atoms with van der Waals surface area (Å²) in [6, 6.07) is 13.7. The van der Waals surface area contributed by atoms with Crippen LogP contribution in [0.4, 0.5) is 0 Å². The minimum Gasteiger partial charge on any atom is -0.497 e. The van der Waals surface area contributed by atoms with Crippen LogP contribution in [0.15, 0.2) is 48.5 Å². The molecule has 0 aliphatic rings. The second kappa shape index (κ2) is 9.02. The lowest BCUT2D eigenvalue weighted by atomic mass is 10.2. The molecular weight excluding hydrogens is 376 g/mol. The molecule has 0 spiro atoms. The fraction of sp³-hybridized carbons (Fsp3) is 0.278. The number of carbonyl (C=O) groups is 1. The van der Waals surface area contributed by atoms with Crippen molar-refractivity contribution < 1.29 is 17.9 Å². The smallest absolute Gasteiger partial charge is 0.251 e. The van der Waals surface area contributed by atoms with Crippen LogP contribution in [0.2, 0.25) is 5.02 Å². The van der Waals surface area contributed by atoms with E-state index < -0.39 is 10.0 Å². The molecule has 0 aromatic heterocycles. The molecule has 0 bridgehead atoms. The number of nitrogens with zero attached hydrogens (tertiary/aromatic N) is 1. The van der Waals surface area contributed by atoms with E-state index in [-0.39, 0.29) is 25.5 Å². The number of hydrogen-bond acceptors (Lipinski definition) is 4. The maximum atomic E-state index is 12.1. The molecule has 2 aromatic carbocycles. The molecule has 0 saturated heterocycles. The molecule has 1 amide bonds. The molecule has 0 atom stereocenters. The molecule has 0 radical (unpaired) electrons. The van der Waals surface area contributed by atoms with Gasteiger partial charge >= 0.3 is 0 Å². The molecule has 2 rings (SSSR count). The molecule has 0 fully saturated rings. The van der Waals surface area contributed by atoms with Gasteiger partial charge in [-0.25, -0.2) is 8.42 Å². The SMILES string of the molecule is COc1ccc(C(=O)NCCN(Cc2ccc(Cl)cc2)S(C)(=O)=O)cc1. The topological polar surface area (TPSA) is 75.7 Å². The number of benzene rings is 2. The highest BCUT2D eigenvalue weighted by atomic mass is 35.5. The first kappa shape index (κ1) is 20.2. The number of carbonyl (C=O) groups excluding carboxylic acids is 1. The zero-order chi connectivity index (χ0) is 19.2. The van der Waals surface area contributed by atoms with Crippen molar-refractivity contribution in [1.29, 1.82) is 0 Å². The Kier molecular flexibility index (Phi) is 7.02.